The van der Waals surface area contributed by atoms with E-state index in [1.165, 1.54) is 29.5 Å². The van der Waals surface area contributed by atoms with Gasteiger partial charge in [-0.1, -0.05) is 23.9 Å². The van der Waals surface area contributed by atoms with Crippen molar-refractivity contribution in [3.8, 4) is 5.75 Å². The summed E-state index contributed by atoms with van der Waals surface area (Å²) in [6.07, 6.45) is 0.520. The van der Waals surface area contributed by atoms with Gasteiger partial charge in [-0.05, 0) is 57.5 Å². The van der Waals surface area contributed by atoms with Crippen LogP contribution < -0.4 is 4.74 Å². The van der Waals surface area contributed by atoms with Crippen molar-refractivity contribution in [2.45, 2.75) is 54.6 Å². The molecule has 4 nitrogen and oxygen atoms in total. The Bertz CT molecular complexity index is 896. The molecule has 0 bridgehead atoms. The number of nitrogens with zero attached hydrogens (tertiary/aromatic N) is 1. The number of fused-ring (bicyclic) bond motifs is 3. The maximum Gasteiger partial charge on any atom is 0.410 e. The van der Waals surface area contributed by atoms with Crippen LogP contribution in [-0.2, 0) is 4.74 Å². The monoisotopic (exact) mass is 401 g/mol. The van der Waals surface area contributed by atoms with Crippen molar-refractivity contribution in [2.24, 2.45) is 0 Å². The first-order valence-corrected chi connectivity index (χ1v) is 10.3. The molecule has 0 spiro atoms. The topological polar surface area (TPSA) is 38.8 Å². The summed E-state index contributed by atoms with van der Waals surface area (Å²) in [5, 5.41) is 0. The second-order valence-corrected chi connectivity index (χ2v) is 9.38. The van der Waals surface area contributed by atoms with Gasteiger partial charge in [0, 0.05) is 27.8 Å². The lowest BCUT2D eigenvalue weighted by atomic mass is 9.89. The number of piperidine rings is 1. The molecule has 2 aliphatic heterocycles. The van der Waals surface area contributed by atoms with Crippen LogP contribution >= 0.6 is 11.8 Å². The highest BCUT2D eigenvalue weighted by Crippen LogP contribution is 2.45. The summed E-state index contributed by atoms with van der Waals surface area (Å²) in [6, 6.07) is 12.7. The van der Waals surface area contributed by atoms with Crippen LogP contribution in [-0.4, -0.2) is 35.8 Å². The maximum absolute atomic E-state index is 13.4. The summed E-state index contributed by atoms with van der Waals surface area (Å²) in [4.78, 5) is 16.0. The van der Waals surface area contributed by atoms with Crippen molar-refractivity contribution < 1.29 is 18.7 Å². The number of rotatable bonds is 2. The van der Waals surface area contributed by atoms with Crippen LogP contribution in [0.1, 0.15) is 38.7 Å². The molecule has 2 heterocycles. The van der Waals surface area contributed by atoms with Crippen LogP contribution in [0.5, 0.6) is 5.75 Å². The third-order valence-corrected chi connectivity index (χ3v) is 5.88. The molecule has 2 atom stereocenters. The van der Waals surface area contributed by atoms with Crippen LogP contribution in [0.15, 0.2) is 52.3 Å². The van der Waals surface area contributed by atoms with E-state index < -0.39 is 5.60 Å². The molecule has 2 aromatic carbocycles. The van der Waals surface area contributed by atoms with Gasteiger partial charge in [-0.3, -0.25) is 0 Å². The lowest BCUT2D eigenvalue weighted by Gasteiger charge is -2.35. The normalized spacial score (nSPS) is 20.9. The van der Waals surface area contributed by atoms with Gasteiger partial charge in [0.25, 0.3) is 0 Å². The fraction of sp³-hybridized carbons (Fsp3) is 0.409. The third kappa shape index (κ3) is 4.12. The van der Waals surface area contributed by atoms with Crippen molar-refractivity contribution in [1.29, 1.82) is 0 Å². The van der Waals surface area contributed by atoms with Crippen molar-refractivity contribution >= 4 is 17.9 Å². The molecular weight excluding hydrogens is 377 g/mol. The first kappa shape index (κ1) is 19.1. The zero-order chi connectivity index (χ0) is 19.9. The summed E-state index contributed by atoms with van der Waals surface area (Å²) >= 11 is 1.51. The quantitative estimate of drug-likeness (QED) is 0.670. The van der Waals surface area contributed by atoms with E-state index in [1.54, 1.807) is 11.0 Å². The van der Waals surface area contributed by atoms with E-state index in [-0.39, 0.29) is 18.0 Å². The van der Waals surface area contributed by atoms with Crippen LogP contribution in [0.25, 0.3) is 0 Å². The molecule has 0 aliphatic carbocycles. The Labute approximate surface area is 169 Å². The molecule has 4 rings (SSSR count). The molecule has 6 heteroatoms. The molecule has 28 heavy (non-hydrogen) atoms. The molecular formula is C22H24FNO3S. The number of carbonyl (C=O) groups is 1. The van der Waals surface area contributed by atoms with Crippen LogP contribution in [0, 0.1) is 5.82 Å². The van der Waals surface area contributed by atoms with Gasteiger partial charge in [-0.2, -0.15) is 0 Å². The fourth-order valence-corrected chi connectivity index (χ4v) is 4.59. The van der Waals surface area contributed by atoms with Gasteiger partial charge in [0.2, 0.25) is 0 Å². The number of hydrogen-bond donors (Lipinski definition) is 0. The molecule has 148 valence electrons. The Morgan fingerprint density at radius 2 is 2.00 bits per heavy atom. The Hall–Kier alpha value is -2.21. The van der Waals surface area contributed by atoms with Crippen LogP contribution in [0.4, 0.5) is 9.18 Å². The van der Waals surface area contributed by atoms with Gasteiger partial charge in [0.05, 0.1) is 6.54 Å². The highest BCUT2D eigenvalue weighted by Gasteiger charge is 2.41. The Kier molecular flexibility index (Phi) is 5.00. The number of benzene rings is 2. The average Bonchev–Trinajstić information content (AvgIpc) is 2.97. The Morgan fingerprint density at radius 1 is 1.21 bits per heavy atom. The lowest BCUT2D eigenvalue weighted by Crippen LogP contribution is -2.47. The van der Waals surface area contributed by atoms with Gasteiger partial charge in [-0.15, -0.1) is 0 Å². The van der Waals surface area contributed by atoms with Crippen molar-refractivity contribution in [3.63, 3.8) is 0 Å². The van der Waals surface area contributed by atoms with Crippen LogP contribution in [0.2, 0.25) is 0 Å². The van der Waals surface area contributed by atoms with E-state index in [4.69, 9.17) is 9.47 Å². The molecule has 0 radical (unpaired) electrons. The minimum absolute atomic E-state index is 0.0503. The summed E-state index contributed by atoms with van der Waals surface area (Å²) < 4.78 is 25.1. The Morgan fingerprint density at radius 3 is 2.75 bits per heavy atom. The minimum atomic E-state index is -0.504. The van der Waals surface area contributed by atoms with Gasteiger partial charge in [0.15, 0.2) is 0 Å². The zero-order valence-electron chi connectivity index (χ0n) is 16.3. The number of halogens is 1. The molecule has 2 aliphatic rings. The van der Waals surface area contributed by atoms with E-state index in [2.05, 4.69) is 12.1 Å². The first-order chi connectivity index (χ1) is 13.3. The largest absolute Gasteiger partial charge is 0.488 e. The highest BCUT2D eigenvalue weighted by molar-refractivity contribution is 7.99. The van der Waals surface area contributed by atoms with E-state index >= 15 is 0 Å². The molecule has 1 saturated heterocycles. The van der Waals surface area contributed by atoms with Crippen LogP contribution in [0.3, 0.4) is 0 Å². The highest BCUT2D eigenvalue weighted by atomic mass is 32.2. The molecule has 0 saturated carbocycles. The number of hydrogen-bond acceptors (Lipinski definition) is 4. The molecule has 2 aromatic rings. The zero-order valence-corrected chi connectivity index (χ0v) is 17.1. The number of carbonyl (C=O) groups excluding carboxylic acids is 1. The van der Waals surface area contributed by atoms with Gasteiger partial charge in [0.1, 0.15) is 23.3 Å². The lowest BCUT2D eigenvalue weighted by molar-refractivity contribution is 0.00789. The van der Waals surface area contributed by atoms with E-state index in [9.17, 15) is 9.18 Å². The Balaban J connectivity index is 1.45. The van der Waals surface area contributed by atoms with Crippen molar-refractivity contribution in [2.75, 3.05) is 13.1 Å². The maximum atomic E-state index is 13.4. The van der Waals surface area contributed by atoms with E-state index in [1.807, 2.05) is 32.9 Å². The van der Waals surface area contributed by atoms with Gasteiger partial charge < -0.3 is 14.4 Å². The second-order valence-electron chi connectivity index (χ2n) is 8.24. The predicted octanol–water partition coefficient (Wildman–Crippen LogP) is 5.46. The van der Waals surface area contributed by atoms with E-state index in [0.29, 0.717) is 19.0 Å². The number of amides is 1. The number of likely N-dealkylation sites (tertiary alicyclic amines) is 1. The molecule has 2 unspecified atom stereocenters. The SMILES string of the molecule is CC(C)(C)OC(=O)N1CCC2c3ccc(Sc4cccc(F)c4)cc3OC2C1. The molecule has 0 aromatic heterocycles. The van der Waals surface area contributed by atoms with Gasteiger partial charge in [-0.25, -0.2) is 9.18 Å². The summed E-state index contributed by atoms with van der Waals surface area (Å²) in [7, 11) is 0. The summed E-state index contributed by atoms with van der Waals surface area (Å²) in [5.41, 5.74) is 0.689. The van der Waals surface area contributed by atoms with Gasteiger partial charge >= 0.3 is 6.09 Å². The minimum Gasteiger partial charge on any atom is -0.488 e. The summed E-state index contributed by atoms with van der Waals surface area (Å²) in [6.45, 7) is 6.81. The smallest absolute Gasteiger partial charge is 0.410 e. The van der Waals surface area contributed by atoms with Crippen molar-refractivity contribution in [1.82, 2.24) is 4.90 Å². The molecule has 1 amide bonds. The second kappa shape index (κ2) is 7.32. The molecule has 0 N–H and O–H groups in total. The molecule has 1 fully saturated rings. The van der Waals surface area contributed by atoms with Crippen molar-refractivity contribution in [3.05, 3.63) is 53.8 Å². The van der Waals surface area contributed by atoms with E-state index in [0.717, 1.165) is 22.0 Å². The number of ether oxygens (including phenoxy) is 2. The first-order valence-electron chi connectivity index (χ1n) is 9.50. The summed E-state index contributed by atoms with van der Waals surface area (Å²) in [5.74, 6) is 0.917. The standard InChI is InChI=1S/C22H24FNO3S/c1-22(2,3)27-21(25)24-10-9-18-17-8-7-16(12-19(17)26-20(18)13-24)28-15-6-4-5-14(23)11-15/h4-8,11-12,18,20H,9-10,13H2,1-3H3. The fourth-order valence-electron chi connectivity index (χ4n) is 3.70. The average molecular weight is 402 g/mol. The predicted molar refractivity (Wildman–Crippen MR) is 107 cm³/mol. The third-order valence-electron chi connectivity index (χ3n) is 4.91.